The van der Waals surface area contributed by atoms with Gasteiger partial charge >= 0.3 is 0 Å². The monoisotopic (exact) mass is 317 g/mol. The highest BCUT2D eigenvalue weighted by Crippen LogP contribution is 2.21. The molecule has 2 fully saturated rings. The highest BCUT2D eigenvalue weighted by atomic mass is 35.5. The molecule has 21 heavy (non-hydrogen) atoms. The smallest absolute Gasteiger partial charge is 0.224 e. The molecule has 0 spiro atoms. The van der Waals surface area contributed by atoms with E-state index >= 15 is 0 Å². The zero-order valence-corrected chi connectivity index (χ0v) is 13.7. The van der Waals surface area contributed by atoms with Crippen LogP contribution in [0, 0.1) is 11.8 Å². The van der Waals surface area contributed by atoms with E-state index in [1.54, 1.807) is 7.05 Å². The molecule has 0 aliphatic carbocycles. The second-order valence-electron chi connectivity index (χ2n) is 6.03. The van der Waals surface area contributed by atoms with Crippen LogP contribution in [0.3, 0.4) is 0 Å². The van der Waals surface area contributed by atoms with Gasteiger partial charge in [0.1, 0.15) is 0 Å². The molecule has 2 heterocycles. The normalized spacial score (nSPS) is 23.3. The minimum absolute atomic E-state index is 0. The van der Waals surface area contributed by atoms with Gasteiger partial charge in [0.25, 0.3) is 0 Å². The van der Waals surface area contributed by atoms with Gasteiger partial charge in [-0.1, -0.05) is 0 Å². The molecular weight excluding hydrogens is 290 g/mol. The molecule has 5 nitrogen and oxygen atoms in total. The Bertz CT molecular complexity index is 346. The van der Waals surface area contributed by atoms with E-state index in [1.165, 1.54) is 12.8 Å². The zero-order chi connectivity index (χ0) is 14.4. The predicted octanol–water partition coefficient (Wildman–Crippen LogP) is 1.17. The summed E-state index contributed by atoms with van der Waals surface area (Å²) >= 11 is 0. The Balaban J connectivity index is 0.00000220. The van der Waals surface area contributed by atoms with Gasteiger partial charge in [0, 0.05) is 26.6 Å². The summed E-state index contributed by atoms with van der Waals surface area (Å²) in [7, 11) is 1.67. The fourth-order valence-corrected chi connectivity index (χ4v) is 3.28. The molecule has 2 rings (SSSR count). The number of likely N-dealkylation sites (tertiary alicyclic amines) is 1. The Hall–Kier alpha value is -0.810. The minimum atomic E-state index is -0.0171. The number of hydrogen-bond donors (Lipinski definition) is 2. The van der Waals surface area contributed by atoms with Crippen LogP contribution in [0.15, 0.2) is 0 Å². The number of piperidine rings is 2. The predicted molar refractivity (Wildman–Crippen MR) is 85.4 cm³/mol. The Morgan fingerprint density at radius 3 is 2.62 bits per heavy atom. The lowest BCUT2D eigenvalue weighted by molar-refractivity contribution is -0.135. The van der Waals surface area contributed by atoms with Crippen LogP contribution in [0.5, 0.6) is 0 Å². The minimum Gasteiger partial charge on any atom is -0.359 e. The number of rotatable bonds is 4. The number of halogens is 1. The van der Waals surface area contributed by atoms with Crippen LogP contribution in [-0.2, 0) is 9.59 Å². The van der Waals surface area contributed by atoms with E-state index in [-0.39, 0.29) is 30.1 Å². The van der Waals surface area contributed by atoms with Crippen LogP contribution >= 0.6 is 12.4 Å². The third-order valence-corrected chi connectivity index (χ3v) is 4.62. The van der Waals surface area contributed by atoms with Gasteiger partial charge in [-0.15, -0.1) is 12.4 Å². The number of nitrogens with zero attached hydrogens (tertiary/aromatic N) is 1. The van der Waals surface area contributed by atoms with E-state index in [2.05, 4.69) is 10.6 Å². The van der Waals surface area contributed by atoms with Crippen molar-refractivity contribution in [2.24, 2.45) is 11.8 Å². The van der Waals surface area contributed by atoms with Crippen LogP contribution in [0.1, 0.15) is 38.5 Å². The van der Waals surface area contributed by atoms with Crippen molar-refractivity contribution < 1.29 is 9.59 Å². The Labute approximate surface area is 133 Å². The lowest BCUT2D eigenvalue weighted by atomic mass is 9.92. The quantitative estimate of drug-likeness (QED) is 0.818. The summed E-state index contributed by atoms with van der Waals surface area (Å²) in [5.74, 6) is 0.981. The number of amides is 2. The van der Waals surface area contributed by atoms with Gasteiger partial charge in [-0.2, -0.15) is 0 Å². The third kappa shape index (κ3) is 5.47. The maximum absolute atomic E-state index is 12.3. The third-order valence-electron chi connectivity index (χ3n) is 4.62. The average molecular weight is 318 g/mol. The molecule has 0 bridgehead atoms. The van der Waals surface area contributed by atoms with E-state index in [0.717, 1.165) is 38.9 Å². The van der Waals surface area contributed by atoms with E-state index < -0.39 is 0 Å². The summed E-state index contributed by atoms with van der Waals surface area (Å²) in [5.41, 5.74) is 0. The first kappa shape index (κ1) is 18.2. The van der Waals surface area contributed by atoms with Crippen LogP contribution in [0.25, 0.3) is 0 Å². The van der Waals surface area contributed by atoms with Crippen molar-refractivity contribution in [1.82, 2.24) is 15.5 Å². The maximum Gasteiger partial charge on any atom is 0.224 e. The molecular formula is C15H28ClN3O2. The molecule has 122 valence electrons. The first-order chi connectivity index (χ1) is 9.70. The SMILES string of the molecule is CNC(=O)C1CCCN(C(=O)CCC2CCNCC2)C1.Cl. The molecule has 1 atom stereocenters. The topological polar surface area (TPSA) is 61.4 Å². The molecule has 0 aromatic heterocycles. The summed E-state index contributed by atoms with van der Waals surface area (Å²) in [6.07, 6.45) is 5.87. The highest BCUT2D eigenvalue weighted by Gasteiger charge is 2.28. The number of hydrogen-bond acceptors (Lipinski definition) is 3. The van der Waals surface area contributed by atoms with E-state index in [4.69, 9.17) is 0 Å². The summed E-state index contributed by atoms with van der Waals surface area (Å²) in [4.78, 5) is 25.9. The molecule has 0 saturated carbocycles. The fraction of sp³-hybridized carbons (Fsp3) is 0.867. The first-order valence-electron chi connectivity index (χ1n) is 7.90. The van der Waals surface area contributed by atoms with E-state index in [1.807, 2.05) is 4.90 Å². The van der Waals surface area contributed by atoms with Crippen LogP contribution in [0.4, 0.5) is 0 Å². The standard InChI is InChI=1S/C15H27N3O2.ClH/c1-16-15(20)13-3-2-10-18(11-13)14(19)5-4-12-6-8-17-9-7-12;/h12-13,17H,2-11H2,1H3,(H,16,20);1H. The summed E-state index contributed by atoms with van der Waals surface area (Å²) in [5, 5.41) is 6.04. The fourth-order valence-electron chi connectivity index (χ4n) is 3.28. The lowest BCUT2D eigenvalue weighted by Crippen LogP contribution is -2.44. The molecule has 0 aromatic rings. The van der Waals surface area contributed by atoms with Gasteiger partial charge in [0.05, 0.1) is 5.92 Å². The number of carbonyl (C=O) groups excluding carboxylic acids is 2. The van der Waals surface area contributed by atoms with Crippen LogP contribution in [0.2, 0.25) is 0 Å². The Morgan fingerprint density at radius 2 is 1.95 bits per heavy atom. The van der Waals surface area contributed by atoms with Crippen LogP contribution < -0.4 is 10.6 Å². The van der Waals surface area contributed by atoms with Gasteiger partial charge < -0.3 is 15.5 Å². The Kier molecular flexibility index (Phi) is 8.04. The van der Waals surface area contributed by atoms with Crippen molar-refractivity contribution >= 4 is 24.2 Å². The van der Waals surface area contributed by atoms with Crippen molar-refractivity contribution in [2.75, 3.05) is 33.2 Å². The van der Waals surface area contributed by atoms with Gasteiger partial charge in [-0.25, -0.2) is 0 Å². The second-order valence-corrected chi connectivity index (χ2v) is 6.03. The van der Waals surface area contributed by atoms with Crippen molar-refractivity contribution in [3.05, 3.63) is 0 Å². The molecule has 0 aromatic carbocycles. The van der Waals surface area contributed by atoms with Crippen LogP contribution in [-0.4, -0.2) is 49.9 Å². The van der Waals surface area contributed by atoms with Crippen molar-refractivity contribution in [3.8, 4) is 0 Å². The zero-order valence-electron chi connectivity index (χ0n) is 12.9. The summed E-state index contributed by atoms with van der Waals surface area (Å²) in [6.45, 7) is 3.59. The number of nitrogens with one attached hydrogen (secondary N) is 2. The molecule has 1 unspecified atom stereocenters. The average Bonchev–Trinajstić information content (AvgIpc) is 2.53. The maximum atomic E-state index is 12.3. The van der Waals surface area contributed by atoms with Crippen molar-refractivity contribution in [3.63, 3.8) is 0 Å². The second kappa shape index (κ2) is 9.26. The molecule has 2 N–H and O–H groups in total. The largest absolute Gasteiger partial charge is 0.359 e. The number of carbonyl (C=O) groups is 2. The summed E-state index contributed by atoms with van der Waals surface area (Å²) in [6, 6.07) is 0. The van der Waals surface area contributed by atoms with Gasteiger partial charge in [0.2, 0.25) is 11.8 Å². The molecule has 2 amide bonds. The van der Waals surface area contributed by atoms with Crippen molar-refractivity contribution in [2.45, 2.75) is 38.5 Å². The Morgan fingerprint density at radius 1 is 1.24 bits per heavy atom. The highest BCUT2D eigenvalue weighted by molar-refractivity contribution is 5.85. The summed E-state index contributed by atoms with van der Waals surface area (Å²) < 4.78 is 0. The van der Waals surface area contributed by atoms with Gasteiger partial charge in [-0.3, -0.25) is 9.59 Å². The molecule has 6 heteroatoms. The van der Waals surface area contributed by atoms with Crippen molar-refractivity contribution in [1.29, 1.82) is 0 Å². The molecule has 2 aliphatic heterocycles. The van der Waals surface area contributed by atoms with Gasteiger partial charge in [-0.05, 0) is 51.1 Å². The van der Waals surface area contributed by atoms with E-state index in [0.29, 0.717) is 18.9 Å². The first-order valence-corrected chi connectivity index (χ1v) is 7.90. The molecule has 2 aliphatic rings. The molecule has 0 radical (unpaired) electrons. The lowest BCUT2D eigenvalue weighted by Gasteiger charge is -2.32. The van der Waals surface area contributed by atoms with Gasteiger partial charge in [0.15, 0.2) is 0 Å². The van der Waals surface area contributed by atoms with E-state index in [9.17, 15) is 9.59 Å². The molecule has 2 saturated heterocycles.